The molecule has 0 saturated heterocycles. The molecule has 1 aliphatic carbocycles. The second-order valence-electron chi connectivity index (χ2n) is 6.28. The van der Waals surface area contributed by atoms with Gasteiger partial charge in [0, 0.05) is 18.5 Å². The van der Waals surface area contributed by atoms with E-state index in [0.29, 0.717) is 24.8 Å². The van der Waals surface area contributed by atoms with E-state index in [2.05, 4.69) is 17.6 Å². The zero-order chi connectivity index (χ0) is 14.5. The SMILES string of the molecule is CC1CCCC1CNC(=O)NC(C)(C)CCC(=O)O. The van der Waals surface area contributed by atoms with Crippen molar-refractivity contribution >= 4 is 12.0 Å². The van der Waals surface area contributed by atoms with Gasteiger partial charge in [-0.15, -0.1) is 0 Å². The minimum atomic E-state index is -0.838. The van der Waals surface area contributed by atoms with E-state index in [1.54, 1.807) is 0 Å². The number of hydrogen-bond acceptors (Lipinski definition) is 2. The number of amides is 2. The van der Waals surface area contributed by atoms with Crippen LogP contribution in [-0.2, 0) is 4.79 Å². The minimum absolute atomic E-state index is 0.0624. The van der Waals surface area contributed by atoms with Crippen molar-refractivity contribution in [3.05, 3.63) is 0 Å². The van der Waals surface area contributed by atoms with Crippen LogP contribution in [0.3, 0.4) is 0 Å². The summed E-state index contributed by atoms with van der Waals surface area (Å²) in [7, 11) is 0. The Morgan fingerprint density at radius 3 is 2.53 bits per heavy atom. The number of rotatable bonds is 6. The number of carbonyl (C=O) groups is 2. The molecule has 0 spiro atoms. The Kier molecular flexibility index (Phi) is 5.63. The van der Waals surface area contributed by atoms with Crippen LogP contribution < -0.4 is 10.6 Å². The summed E-state index contributed by atoms with van der Waals surface area (Å²) in [6.45, 7) is 6.62. The first-order valence-corrected chi connectivity index (χ1v) is 7.08. The average Bonchev–Trinajstić information content (AvgIpc) is 2.69. The molecule has 1 rings (SSSR count). The van der Waals surface area contributed by atoms with Gasteiger partial charge in [-0.25, -0.2) is 4.79 Å². The fraction of sp³-hybridized carbons (Fsp3) is 0.857. The molecule has 0 aromatic heterocycles. The molecule has 5 nitrogen and oxygen atoms in total. The minimum Gasteiger partial charge on any atom is -0.481 e. The molecule has 1 fully saturated rings. The molecule has 0 aliphatic heterocycles. The molecule has 0 aromatic carbocycles. The number of carboxylic acid groups (broad SMARTS) is 1. The van der Waals surface area contributed by atoms with Crippen molar-refractivity contribution in [3.8, 4) is 0 Å². The molecule has 0 bridgehead atoms. The molecule has 3 N–H and O–H groups in total. The van der Waals surface area contributed by atoms with Crippen molar-refractivity contribution in [3.63, 3.8) is 0 Å². The van der Waals surface area contributed by atoms with E-state index in [9.17, 15) is 9.59 Å². The van der Waals surface area contributed by atoms with Crippen LogP contribution in [0.25, 0.3) is 0 Å². The lowest BCUT2D eigenvalue weighted by molar-refractivity contribution is -0.137. The summed E-state index contributed by atoms with van der Waals surface area (Å²) in [5.74, 6) is 0.420. The summed E-state index contributed by atoms with van der Waals surface area (Å²) in [5, 5.41) is 14.4. The van der Waals surface area contributed by atoms with Crippen molar-refractivity contribution in [2.75, 3.05) is 6.54 Å². The number of nitrogens with one attached hydrogen (secondary N) is 2. The molecule has 2 atom stereocenters. The molecule has 5 heteroatoms. The summed E-state index contributed by atoms with van der Waals surface area (Å²) in [6.07, 6.45) is 4.17. The lowest BCUT2D eigenvalue weighted by Crippen LogP contribution is -2.49. The number of hydrogen-bond donors (Lipinski definition) is 3. The smallest absolute Gasteiger partial charge is 0.315 e. The molecule has 0 heterocycles. The van der Waals surface area contributed by atoms with Crippen LogP contribution in [0.4, 0.5) is 4.79 Å². The maximum atomic E-state index is 11.8. The van der Waals surface area contributed by atoms with Gasteiger partial charge in [0.2, 0.25) is 0 Å². The Morgan fingerprint density at radius 2 is 2.00 bits per heavy atom. The Morgan fingerprint density at radius 1 is 1.32 bits per heavy atom. The van der Waals surface area contributed by atoms with E-state index in [4.69, 9.17) is 5.11 Å². The average molecular weight is 270 g/mol. The van der Waals surface area contributed by atoms with Gasteiger partial charge in [0.1, 0.15) is 0 Å². The Bertz CT molecular complexity index is 329. The summed E-state index contributed by atoms with van der Waals surface area (Å²) < 4.78 is 0. The van der Waals surface area contributed by atoms with Crippen molar-refractivity contribution in [2.24, 2.45) is 11.8 Å². The van der Waals surface area contributed by atoms with Crippen molar-refractivity contribution < 1.29 is 14.7 Å². The molecule has 2 unspecified atom stereocenters. The first-order valence-electron chi connectivity index (χ1n) is 7.08. The van der Waals surface area contributed by atoms with Crippen LogP contribution in [0.5, 0.6) is 0 Å². The van der Waals surface area contributed by atoms with Crippen LogP contribution in [0.15, 0.2) is 0 Å². The maximum absolute atomic E-state index is 11.8. The summed E-state index contributed by atoms with van der Waals surface area (Å²) >= 11 is 0. The van der Waals surface area contributed by atoms with Crippen molar-refractivity contribution in [1.82, 2.24) is 10.6 Å². The second-order valence-corrected chi connectivity index (χ2v) is 6.28. The predicted octanol–water partition coefficient (Wildman–Crippen LogP) is 2.37. The van der Waals surface area contributed by atoms with Crippen molar-refractivity contribution in [1.29, 1.82) is 0 Å². The van der Waals surface area contributed by atoms with E-state index in [-0.39, 0.29) is 12.5 Å². The van der Waals surface area contributed by atoms with Crippen LogP contribution in [0, 0.1) is 11.8 Å². The highest BCUT2D eigenvalue weighted by Gasteiger charge is 2.25. The Balaban J connectivity index is 2.27. The van der Waals surface area contributed by atoms with Gasteiger partial charge in [0.25, 0.3) is 0 Å². The summed E-state index contributed by atoms with van der Waals surface area (Å²) in [4.78, 5) is 22.3. The second kappa shape index (κ2) is 6.78. The number of carbonyl (C=O) groups excluding carboxylic acids is 1. The van der Waals surface area contributed by atoms with Gasteiger partial charge < -0.3 is 15.7 Å². The molecular formula is C14H26N2O3. The van der Waals surface area contributed by atoms with E-state index < -0.39 is 11.5 Å². The molecule has 0 radical (unpaired) electrons. The monoisotopic (exact) mass is 270 g/mol. The lowest BCUT2D eigenvalue weighted by Gasteiger charge is -2.26. The molecule has 0 aromatic rings. The third kappa shape index (κ3) is 5.94. The molecule has 110 valence electrons. The molecular weight excluding hydrogens is 244 g/mol. The highest BCUT2D eigenvalue weighted by molar-refractivity contribution is 5.74. The largest absolute Gasteiger partial charge is 0.481 e. The highest BCUT2D eigenvalue weighted by atomic mass is 16.4. The zero-order valence-corrected chi connectivity index (χ0v) is 12.2. The van der Waals surface area contributed by atoms with Gasteiger partial charge in [-0.2, -0.15) is 0 Å². The molecule has 19 heavy (non-hydrogen) atoms. The number of urea groups is 1. The maximum Gasteiger partial charge on any atom is 0.315 e. The highest BCUT2D eigenvalue weighted by Crippen LogP contribution is 2.30. The zero-order valence-electron chi connectivity index (χ0n) is 12.2. The molecule has 2 amide bonds. The van der Waals surface area contributed by atoms with Crippen LogP contribution >= 0.6 is 0 Å². The van der Waals surface area contributed by atoms with Gasteiger partial charge in [-0.1, -0.05) is 19.8 Å². The van der Waals surface area contributed by atoms with E-state index in [1.807, 2.05) is 13.8 Å². The van der Waals surface area contributed by atoms with E-state index in [1.165, 1.54) is 19.3 Å². The third-order valence-electron chi connectivity index (χ3n) is 3.98. The fourth-order valence-electron chi connectivity index (χ4n) is 2.58. The van der Waals surface area contributed by atoms with Crippen LogP contribution in [0.2, 0.25) is 0 Å². The van der Waals surface area contributed by atoms with E-state index in [0.717, 1.165) is 0 Å². The Labute approximate surface area is 115 Å². The third-order valence-corrected chi connectivity index (χ3v) is 3.98. The molecule has 1 saturated carbocycles. The van der Waals surface area contributed by atoms with Crippen molar-refractivity contribution in [2.45, 2.75) is 58.4 Å². The Hall–Kier alpha value is -1.26. The number of carboxylic acids is 1. The summed E-state index contributed by atoms with van der Waals surface area (Å²) in [5.41, 5.74) is -0.496. The quantitative estimate of drug-likeness (QED) is 0.693. The van der Waals surface area contributed by atoms with Crippen LogP contribution in [-0.4, -0.2) is 29.2 Å². The van der Waals surface area contributed by atoms with Gasteiger partial charge in [-0.05, 0) is 38.5 Å². The first-order chi connectivity index (χ1) is 8.80. The van der Waals surface area contributed by atoms with E-state index >= 15 is 0 Å². The summed E-state index contributed by atoms with van der Waals surface area (Å²) in [6, 6.07) is -0.200. The predicted molar refractivity (Wildman–Crippen MR) is 74.0 cm³/mol. The number of aliphatic carboxylic acids is 1. The lowest BCUT2D eigenvalue weighted by atomic mass is 9.98. The van der Waals surface area contributed by atoms with Gasteiger partial charge in [0.05, 0.1) is 0 Å². The topological polar surface area (TPSA) is 78.4 Å². The normalized spacial score (nSPS) is 23.1. The van der Waals surface area contributed by atoms with Gasteiger partial charge >= 0.3 is 12.0 Å². The van der Waals surface area contributed by atoms with Gasteiger partial charge in [-0.3, -0.25) is 4.79 Å². The molecule has 1 aliphatic rings. The first kappa shape index (κ1) is 15.8. The van der Waals surface area contributed by atoms with Crippen LogP contribution in [0.1, 0.15) is 52.9 Å². The van der Waals surface area contributed by atoms with Gasteiger partial charge in [0.15, 0.2) is 0 Å². The standard InChI is InChI=1S/C14H26N2O3/c1-10-5-4-6-11(10)9-15-13(19)16-14(2,3)8-7-12(17)18/h10-11H,4-9H2,1-3H3,(H,17,18)(H2,15,16,19). The fourth-order valence-corrected chi connectivity index (χ4v) is 2.58.